The third-order valence-corrected chi connectivity index (χ3v) is 4.07. The lowest BCUT2D eigenvalue weighted by molar-refractivity contribution is 0.0540. The monoisotopic (exact) mass is 284 g/mol. The molecule has 7 heteroatoms. The Morgan fingerprint density at radius 2 is 2.26 bits per heavy atom. The van der Waals surface area contributed by atoms with Crippen LogP contribution in [0.25, 0.3) is 0 Å². The maximum atomic E-state index is 11.4. The number of aromatic nitrogens is 1. The number of carboxylic acid groups (broad SMARTS) is 1. The number of carboxylic acids is 1. The minimum absolute atomic E-state index is 0.176. The Hall–Kier alpha value is -1.47. The number of hydrogen-bond donors (Lipinski definition) is 2. The van der Waals surface area contributed by atoms with E-state index in [1.807, 2.05) is 6.92 Å². The molecular formula is C12H16N2O4S. The summed E-state index contributed by atoms with van der Waals surface area (Å²) in [5, 5.41) is 12.7. The summed E-state index contributed by atoms with van der Waals surface area (Å²) >= 11 is 1.08. The Labute approximate surface area is 114 Å². The molecule has 1 unspecified atom stereocenters. The topological polar surface area (TPSA) is 88.5 Å². The molecule has 0 amide bonds. The number of carbonyl (C=O) groups is 2. The molecule has 0 bridgehead atoms. The number of nitrogens with one attached hydrogen (secondary N) is 1. The first kappa shape index (κ1) is 14.0. The number of ketones is 1. The molecule has 1 aliphatic heterocycles. The first-order chi connectivity index (χ1) is 8.91. The van der Waals surface area contributed by atoms with Gasteiger partial charge in [0.1, 0.15) is 4.88 Å². The van der Waals surface area contributed by atoms with Crippen LogP contribution in [0.3, 0.4) is 0 Å². The maximum absolute atomic E-state index is 11.4. The molecule has 1 aromatic heterocycles. The summed E-state index contributed by atoms with van der Waals surface area (Å²) in [7, 11) is 0. The molecule has 0 aromatic carbocycles. The van der Waals surface area contributed by atoms with Crippen LogP contribution in [0.2, 0.25) is 0 Å². The van der Waals surface area contributed by atoms with E-state index in [-0.39, 0.29) is 21.9 Å². The van der Waals surface area contributed by atoms with Gasteiger partial charge in [-0.05, 0) is 19.8 Å². The normalized spacial score (nSPS) is 23.1. The fourth-order valence-corrected chi connectivity index (χ4v) is 3.05. The highest BCUT2D eigenvalue weighted by atomic mass is 32.1. The summed E-state index contributed by atoms with van der Waals surface area (Å²) in [5.41, 5.74) is -0.444. The van der Waals surface area contributed by atoms with E-state index in [1.54, 1.807) is 0 Å². The van der Waals surface area contributed by atoms with Crippen LogP contribution in [0.5, 0.6) is 0 Å². The summed E-state index contributed by atoms with van der Waals surface area (Å²) < 4.78 is 5.42. The van der Waals surface area contributed by atoms with Crippen molar-refractivity contribution in [1.29, 1.82) is 0 Å². The molecule has 1 fully saturated rings. The molecular weight excluding hydrogens is 268 g/mol. The van der Waals surface area contributed by atoms with Crippen molar-refractivity contribution in [2.24, 2.45) is 0 Å². The molecule has 104 valence electrons. The number of carbonyl (C=O) groups excluding carboxylic acids is 1. The smallest absolute Gasteiger partial charge is 0.356 e. The maximum Gasteiger partial charge on any atom is 0.356 e. The van der Waals surface area contributed by atoms with Gasteiger partial charge in [-0.1, -0.05) is 11.3 Å². The van der Waals surface area contributed by atoms with Crippen molar-refractivity contribution in [2.45, 2.75) is 32.2 Å². The first-order valence-corrected chi connectivity index (χ1v) is 6.84. The third-order valence-electron chi connectivity index (χ3n) is 3.00. The molecule has 0 spiro atoms. The van der Waals surface area contributed by atoms with E-state index in [2.05, 4.69) is 10.3 Å². The highest BCUT2D eigenvalue weighted by Gasteiger charge is 2.30. The van der Waals surface area contributed by atoms with Crippen molar-refractivity contribution >= 4 is 28.2 Å². The highest BCUT2D eigenvalue weighted by Crippen LogP contribution is 2.29. The second-order valence-corrected chi connectivity index (χ2v) is 5.90. The number of nitrogens with zero attached hydrogens (tertiary/aromatic N) is 1. The molecule has 0 radical (unpaired) electrons. The summed E-state index contributed by atoms with van der Waals surface area (Å²) in [4.78, 5) is 26.6. The number of anilines is 1. The highest BCUT2D eigenvalue weighted by molar-refractivity contribution is 7.17. The van der Waals surface area contributed by atoms with E-state index < -0.39 is 5.97 Å². The third kappa shape index (κ3) is 3.10. The number of hydrogen-bond acceptors (Lipinski definition) is 6. The molecule has 1 atom stereocenters. The van der Waals surface area contributed by atoms with Gasteiger partial charge in [0.2, 0.25) is 0 Å². The Morgan fingerprint density at radius 1 is 1.53 bits per heavy atom. The zero-order chi connectivity index (χ0) is 14.0. The summed E-state index contributed by atoms with van der Waals surface area (Å²) in [6, 6.07) is 0. The first-order valence-electron chi connectivity index (χ1n) is 6.02. The molecule has 1 saturated heterocycles. The van der Waals surface area contributed by atoms with Crippen LogP contribution in [0.4, 0.5) is 5.13 Å². The minimum Gasteiger partial charge on any atom is -0.476 e. The van der Waals surface area contributed by atoms with Crippen LogP contribution in [0.1, 0.15) is 46.8 Å². The quantitative estimate of drug-likeness (QED) is 0.822. The predicted octanol–water partition coefficient (Wildman–Crippen LogP) is 2.02. The molecule has 19 heavy (non-hydrogen) atoms. The van der Waals surface area contributed by atoms with Gasteiger partial charge in [0.05, 0.1) is 12.1 Å². The lowest BCUT2D eigenvalue weighted by Crippen LogP contribution is -2.43. The van der Waals surface area contributed by atoms with E-state index in [0.717, 1.165) is 30.8 Å². The summed E-state index contributed by atoms with van der Waals surface area (Å²) in [6.07, 6.45) is 1.87. The SMILES string of the molecule is CC(=O)c1sc(NC2(C)CCCOC2)nc1C(=O)O. The summed E-state index contributed by atoms with van der Waals surface area (Å²) in [6.45, 7) is 4.63. The van der Waals surface area contributed by atoms with Gasteiger partial charge < -0.3 is 15.2 Å². The van der Waals surface area contributed by atoms with Gasteiger partial charge in [0.15, 0.2) is 16.6 Å². The van der Waals surface area contributed by atoms with Crippen molar-refractivity contribution in [3.63, 3.8) is 0 Å². The fraction of sp³-hybridized carbons (Fsp3) is 0.583. The standard InChI is InChI=1S/C12H16N2O4S/c1-7(15)9-8(10(16)17)13-11(19-9)14-12(2)4-3-5-18-6-12/h3-6H2,1-2H3,(H,13,14)(H,16,17). The van der Waals surface area contributed by atoms with Gasteiger partial charge in [0, 0.05) is 13.5 Å². The second-order valence-electron chi connectivity index (χ2n) is 4.90. The molecule has 2 N–H and O–H groups in total. The lowest BCUT2D eigenvalue weighted by Gasteiger charge is -2.34. The molecule has 2 heterocycles. The molecule has 1 aliphatic rings. The molecule has 6 nitrogen and oxygen atoms in total. The van der Waals surface area contributed by atoms with Crippen LogP contribution >= 0.6 is 11.3 Å². The van der Waals surface area contributed by atoms with E-state index in [4.69, 9.17) is 9.84 Å². The van der Waals surface area contributed by atoms with Crippen molar-refractivity contribution in [3.05, 3.63) is 10.6 Å². The van der Waals surface area contributed by atoms with Gasteiger partial charge in [-0.2, -0.15) is 0 Å². The average Bonchev–Trinajstić information content (AvgIpc) is 2.73. The van der Waals surface area contributed by atoms with Crippen molar-refractivity contribution < 1.29 is 19.4 Å². The number of rotatable bonds is 4. The molecule has 0 aliphatic carbocycles. The van der Waals surface area contributed by atoms with Crippen molar-refractivity contribution in [3.8, 4) is 0 Å². The predicted molar refractivity (Wildman–Crippen MR) is 71.2 cm³/mol. The number of Topliss-reactive ketones (excluding diaryl/α,β-unsaturated/α-hetero) is 1. The second kappa shape index (κ2) is 5.26. The van der Waals surface area contributed by atoms with Gasteiger partial charge >= 0.3 is 5.97 Å². The average molecular weight is 284 g/mol. The van der Waals surface area contributed by atoms with Crippen molar-refractivity contribution in [1.82, 2.24) is 4.98 Å². The Morgan fingerprint density at radius 3 is 2.74 bits per heavy atom. The van der Waals surface area contributed by atoms with E-state index >= 15 is 0 Å². The minimum atomic E-state index is -1.18. The van der Waals surface area contributed by atoms with Gasteiger partial charge in [-0.25, -0.2) is 9.78 Å². The van der Waals surface area contributed by atoms with Crippen LogP contribution in [-0.4, -0.2) is 40.6 Å². The van der Waals surface area contributed by atoms with E-state index in [9.17, 15) is 9.59 Å². The van der Waals surface area contributed by atoms with Crippen molar-refractivity contribution in [2.75, 3.05) is 18.5 Å². The van der Waals surface area contributed by atoms with Crippen LogP contribution in [0, 0.1) is 0 Å². The number of aromatic carboxylic acids is 1. The van der Waals surface area contributed by atoms with Crippen LogP contribution in [0.15, 0.2) is 0 Å². The fourth-order valence-electron chi connectivity index (χ4n) is 2.05. The van der Waals surface area contributed by atoms with Gasteiger partial charge in [0.25, 0.3) is 0 Å². The number of thiazole rings is 1. The largest absolute Gasteiger partial charge is 0.476 e. The molecule has 0 saturated carbocycles. The Bertz CT molecular complexity index is 474. The van der Waals surface area contributed by atoms with Gasteiger partial charge in [-0.3, -0.25) is 4.79 Å². The molecule has 2 rings (SSSR count). The zero-order valence-corrected chi connectivity index (χ0v) is 11.7. The van der Waals surface area contributed by atoms with Gasteiger partial charge in [-0.15, -0.1) is 0 Å². The van der Waals surface area contributed by atoms with Crippen LogP contribution < -0.4 is 5.32 Å². The summed E-state index contributed by atoms with van der Waals surface area (Å²) in [5.74, 6) is -1.47. The molecule has 1 aromatic rings. The Kier molecular flexibility index (Phi) is 3.86. The Balaban J connectivity index is 2.23. The van der Waals surface area contributed by atoms with E-state index in [0.29, 0.717) is 11.7 Å². The van der Waals surface area contributed by atoms with Crippen LogP contribution in [-0.2, 0) is 4.74 Å². The van der Waals surface area contributed by atoms with E-state index in [1.165, 1.54) is 6.92 Å². The number of ether oxygens (including phenoxy) is 1. The lowest BCUT2D eigenvalue weighted by atomic mass is 9.95. The zero-order valence-electron chi connectivity index (χ0n) is 10.9.